The molecule has 0 bridgehead atoms. The molecule has 2 nitrogen and oxygen atoms in total. The predicted molar refractivity (Wildman–Crippen MR) is 65.9 cm³/mol. The zero-order valence-corrected chi connectivity index (χ0v) is 10.2. The van der Waals surface area contributed by atoms with E-state index in [4.69, 9.17) is 9.47 Å². The standard InChI is InChI=1S/C14H16F2O2/c1-17-13-5-4-10(8-12(13)14(15)16)2-3-11-6-7-18-9-11/h2-5,8,11,14H,6-7,9H2,1H3/b3-2+. The van der Waals surface area contributed by atoms with Gasteiger partial charge in [-0.1, -0.05) is 18.2 Å². The van der Waals surface area contributed by atoms with Gasteiger partial charge in [0.2, 0.25) is 0 Å². The second-order valence-corrected chi connectivity index (χ2v) is 4.28. The topological polar surface area (TPSA) is 18.5 Å². The molecule has 1 unspecified atom stereocenters. The Kier molecular flexibility index (Phi) is 4.31. The van der Waals surface area contributed by atoms with Crippen LogP contribution in [0.3, 0.4) is 0 Å². The molecular weight excluding hydrogens is 238 g/mol. The first-order chi connectivity index (χ1) is 8.70. The van der Waals surface area contributed by atoms with Gasteiger partial charge in [0.15, 0.2) is 0 Å². The molecule has 0 aromatic heterocycles. The van der Waals surface area contributed by atoms with E-state index in [2.05, 4.69) is 0 Å². The van der Waals surface area contributed by atoms with Crippen LogP contribution in [0.2, 0.25) is 0 Å². The fourth-order valence-corrected chi connectivity index (χ4v) is 1.98. The smallest absolute Gasteiger partial charge is 0.267 e. The minimum absolute atomic E-state index is 0.0673. The van der Waals surface area contributed by atoms with Crippen molar-refractivity contribution >= 4 is 6.08 Å². The van der Waals surface area contributed by atoms with Crippen LogP contribution >= 0.6 is 0 Å². The number of rotatable bonds is 4. The van der Waals surface area contributed by atoms with Gasteiger partial charge >= 0.3 is 0 Å². The maximum Gasteiger partial charge on any atom is 0.267 e. The number of ether oxygens (including phenoxy) is 2. The molecule has 4 heteroatoms. The number of methoxy groups -OCH3 is 1. The minimum Gasteiger partial charge on any atom is -0.496 e. The Balaban J connectivity index is 2.15. The fraction of sp³-hybridized carbons (Fsp3) is 0.429. The Morgan fingerprint density at radius 2 is 2.28 bits per heavy atom. The molecule has 1 aliphatic rings. The summed E-state index contributed by atoms with van der Waals surface area (Å²) in [6, 6.07) is 4.82. The first kappa shape index (κ1) is 13.0. The molecule has 1 heterocycles. The van der Waals surface area contributed by atoms with Crippen molar-refractivity contribution in [2.45, 2.75) is 12.8 Å². The highest BCUT2D eigenvalue weighted by molar-refractivity contribution is 5.54. The third-order valence-electron chi connectivity index (χ3n) is 3.01. The van der Waals surface area contributed by atoms with Crippen molar-refractivity contribution < 1.29 is 18.3 Å². The summed E-state index contributed by atoms with van der Waals surface area (Å²) in [4.78, 5) is 0. The van der Waals surface area contributed by atoms with Crippen molar-refractivity contribution in [2.75, 3.05) is 20.3 Å². The van der Waals surface area contributed by atoms with Crippen molar-refractivity contribution in [1.29, 1.82) is 0 Å². The van der Waals surface area contributed by atoms with Gasteiger partial charge in [0.1, 0.15) is 5.75 Å². The van der Waals surface area contributed by atoms with E-state index in [1.165, 1.54) is 13.2 Å². The van der Waals surface area contributed by atoms with Gasteiger partial charge in [0, 0.05) is 12.5 Å². The molecule has 1 aromatic carbocycles. The van der Waals surface area contributed by atoms with E-state index in [1.54, 1.807) is 12.1 Å². The van der Waals surface area contributed by atoms with Crippen molar-refractivity contribution in [3.63, 3.8) is 0 Å². The Bertz CT molecular complexity index is 424. The van der Waals surface area contributed by atoms with Crippen molar-refractivity contribution in [1.82, 2.24) is 0 Å². The number of benzene rings is 1. The van der Waals surface area contributed by atoms with Gasteiger partial charge in [-0.05, 0) is 24.1 Å². The highest BCUT2D eigenvalue weighted by atomic mass is 19.3. The van der Waals surface area contributed by atoms with Crippen LogP contribution in [0.1, 0.15) is 24.0 Å². The normalized spacial score (nSPS) is 19.9. The summed E-state index contributed by atoms with van der Waals surface area (Å²) in [5, 5.41) is 0. The van der Waals surface area contributed by atoms with Gasteiger partial charge in [-0.25, -0.2) is 8.78 Å². The van der Waals surface area contributed by atoms with Crippen LogP contribution in [0, 0.1) is 5.92 Å². The summed E-state index contributed by atoms with van der Waals surface area (Å²) in [5.41, 5.74) is 0.695. The zero-order valence-electron chi connectivity index (χ0n) is 10.2. The summed E-state index contributed by atoms with van der Waals surface area (Å²) in [6.45, 7) is 1.49. The van der Waals surface area contributed by atoms with Gasteiger partial charge in [-0.3, -0.25) is 0 Å². The van der Waals surface area contributed by atoms with E-state index in [9.17, 15) is 8.78 Å². The van der Waals surface area contributed by atoms with Crippen LogP contribution in [0.4, 0.5) is 8.78 Å². The highest BCUT2D eigenvalue weighted by Gasteiger charge is 2.14. The number of hydrogen-bond acceptors (Lipinski definition) is 2. The third kappa shape index (κ3) is 3.07. The zero-order chi connectivity index (χ0) is 13.0. The molecule has 2 rings (SSSR count). The monoisotopic (exact) mass is 254 g/mol. The molecule has 1 atom stereocenters. The summed E-state index contributed by atoms with van der Waals surface area (Å²) in [7, 11) is 1.40. The van der Waals surface area contributed by atoms with Crippen LogP contribution in [-0.4, -0.2) is 20.3 Å². The summed E-state index contributed by atoms with van der Waals surface area (Å²) >= 11 is 0. The molecule has 0 N–H and O–H groups in total. The lowest BCUT2D eigenvalue weighted by Gasteiger charge is -2.08. The third-order valence-corrected chi connectivity index (χ3v) is 3.01. The molecule has 0 spiro atoms. The number of alkyl halides is 2. The summed E-state index contributed by atoms with van der Waals surface area (Å²) in [5.74, 6) is 0.619. The van der Waals surface area contributed by atoms with E-state index >= 15 is 0 Å². The quantitative estimate of drug-likeness (QED) is 0.816. The first-order valence-corrected chi connectivity index (χ1v) is 5.92. The van der Waals surface area contributed by atoms with E-state index < -0.39 is 6.43 Å². The Hall–Kier alpha value is -1.42. The van der Waals surface area contributed by atoms with E-state index in [-0.39, 0.29) is 11.3 Å². The van der Waals surface area contributed by atoms with Gasteiger partial charge in [0.25, 0.3) is 6.43 Å². The minimum atomic E-state index is -2.52. The molecule has 0 amide bonds. The average molecular weight is 254 g/mol. The molecule has 1 aliphatic heterocycles. The molecule has 1 aromatic rings. The Morgan fingerprint density at radius 3 is 2.89 bits per heavy atom. The summed E-state index contributed by atoms with van der Waals surface area (Å²) < 4.78 is 35.8. The van der Waals surface area contributed by atoms with Crippen molar-refractivity contribution in [3.8, 4) is 5.75 Å². The second-order valence-electron chi connectivity index (χ2n) is 4.28. The lowest BCUT2D eigenvalue weighted by molar-refractivity contribution is 0.147. The lowest BCUT2D eigenvalue weighted by atomic mass is 10.0. The summed E-state index contributed by atoms with van der Waals surface area (Å²) in [6.07, 6.45) is 2.35. The molecular formula is C14H16F2O2. The molecule has 0 aliphatic carbocycles. The van der Waals surface area contributed by atoms with Gasteiger partial charge in [-0.2, -0.15) is 0 Å². The molecule has 98 valence electrons. The van der Waals surface area contributed by atoms with Crippen LogP contribution in [0.5, 0.6) is 5.75 Å². The Morgan fingerprint density at radius 1 is 1.44 bits per heavy atom. The second kappa shape index (κ2) is 5.96. The van der Waals surface area contributed by atoms with E-state index in [0.717, 1.165) is 18.6 Å². The van der Waals surface area contributed by atoms with Crippen LogP contribution in [-0.2, 0) is 4.74 Å². The van der Waals surface area contributed by atoms with Crippen molar-refractivity contribution in [3.05, 3.63) is 35.4 Å². The fourth-order valence-electron chi connectivity index (χ4n) is 1.98. The SMILES string of the molecule is COc1ccc(/C=C/C2CCOC2)cc1C(F)F. The van der Waals surface area contributed by atoms with Crippen LogP contribution < -0.4 is 4.74 Å². The first-order valence-electron chi connectivity index (χ1n) is 5.92. The molecule has 0 radical (unpaired) electrons. The van der Waals surface area contributed by atoms with E-state index in [1.807, 2.05) is 12.2 Å². The molecule has 0 saturated carbocycles. The van der Waals surface area contributed by atoms with Crippen LogP contribution in [0.25, 0.3) is 6.08 Å². The van der Waals surface area contributed by atoms with E-state index in [0.29, 0.717) is 12.5 Å². The van der Waals surface area contributed by atoms with Crippen LogP contribution in [0.15, 0.2) is 24.3 Å². The molecule has 1 fully saturated rings. The van der Waals surface area contributed by atoms with Gasteiger partial charge in [-0.15, -0.1) is 0 Å². The maximum atomic E-state index is 12.8. The predicted octanol–water partition coefficient (Wildman–Crippen LogP) is 3.68. The Labute approximate surface area is 105 Å². The number of halogens is 2. The van der Waals surface area contributed by atoms with Crippen molar-refractivity contribution in [2.24, 2.45) is 5.92 Å². The largest absolute Gasteiger partial charge is 0.496 e. The van der Waals surface area contributed by atoms with Gasteiger partial charge in [0.05, 0.1) is 19.3 Å². The average Bonchev–Trinajstić information content (AvgIpc) is 2.89. The molecule has 1 saturated heterocycles. The maximum absolute atomic E-state index is 12.8. The molecule has 18 heavy (non-hydrogen) atoms. The van der Waals surface area contributed by atoms with Gasteiger partial charge < -0.3 is 9.47 Å². The lowest BCUT2D eigenvalue weighted by Crippen LogP contribution is -1.94. The number of hydrogen-bond donors (Lipinski definition) is 0. The highest BCUT2D eigenvalue weighted by Crippen LogP contribution is 2.30.